The first-order valence-electron chi connectivity index (χ1n) is 36.8. The van der Waals surface area contributed by atoms with Crippen molar-refractivity contribution in [2.75, 3.05) is 13.2 Å². The van der Waals surface area contributed by atoms with Crippen molar-refractivity contribution >= 4 is 17.9 Å². The van der Waals surface area contributed by atoms with E-state index in [-0.39, 0.29) is 31.1 Å². The molecule has 0 saturated heterocycles. The number of hydrogen-bond donors (Lipinski definition) is 0. The highest BCUT2D eigenvalue weighted by atomic mass is 16.6. The van der Waals surface area contributed by atoms with Crippen molar-refractivity contribution in [1.29, 1.82) is 0 Å². The Kier molecular flexibility index (Phi) is 68.5. The SMILES string of the molecule is CCCCCCC/C=C\C/C=C\CCCCCCCCCCCCCCCCCCCC(=O)OCC(COC(=O)CCCCCCC)OC(=O)CCCCCCCCCCCCCCCCCCCCCCCCCCCCCCC. The standard InChI is InChI=1S/C75H142O6/c1-4-7-10-13-15-17-19-21-23-25-27-29-31-33-35-37-39-41-43-45-47-49-51-53-55-57-59-62-65-68-74(77)80-71-72(70-79-73(76)67-64-61-12-9-6-3)81-75(78)69-66-63-60-58-56-54-52-50-48-46-44-42-40-38-36-34-32-30-28-26-24-22-20-18-16-14-11-8-5-2/h19,21,25,27,72H,4-18,20,22-24,26,28-71H2,1-3H3/b21-19-,27-25-. The first-order chi connectivity index (χ1) is 40.0. The van der Waals surface area contributed by atoms with Gasteiger partial charge in [-0.05, 0) is 51.4 Å². The minimum absolute atomic E-state index is 0.0652. The number of rotatable bonds is 69. The summed E-state index contributed by atoms with van der Waals surface area (Å²) in [4.78, 5) is 38.0. The van der Waals surface area contributed by atoms with E-state index in [2.05, 4.69) is 45.1 Å². The van der Waals surface area contributed by atoms with Gasteiger partial charge in [-0.2, -0.15) is 0 Å². The Labute approximate surface area is 506 Å². The van der Waals surface area contributed by atoms with E-state index in [0.717, 1.165) is 70.6 Å². The molecule has 1 atom stereocenters. The van der Waals surface area contributed by atoms with E-state index in [9.17, 15) is 14.4 Å². The van der Waals surface area contributed by atoms with Gasteiger partial charge >= 0.3 is 17.9 Å². The fraction of sp³-hybridized carbons (Fsp3) is 0.907. The number of esters is 3. The molecule has 0 aliphatic heterocycles. The van der Waals surface area contributed by atoms with Crippen molar-refractivity contribution in [1.82, 2.24) is 0 Å². The lowest BCUT2D eigenvalue weighted by Crippen LogP contribution is -2.30. The van der Waals surface area contributed by atoms with Crippen molar-refractivity contribution < 1.29 is 28.6 Å². The van der Waals surface area contributed by atoms with Crippen LogP contribution >= 0.6 is 0 Å². The summed E-state index contributed by atoms with van der Waals surface area (Å²) in [5, 5.41) is 0. The second kappa shape index (κ2) is 70.4. The fourth-order valence-electron chi connectivity index (χ4n) is 11.4. The molecule has 0 amide bonds. The molecule has 0 aliphatic carbocycles. The number of carbonyl (C=O) groups is 3. The van der Waals surface area contributed by atoms with Gasteiger partial charge in [0.25, 0.3) is 0 Å². The first kappa shape index (κ1) is 78.9. The first-order valence-corrected chi connectivity index (χ1v) is 36.8. The van der Waals surface area contributed by atoms with Crippen molar-refractivity contribution in [3.8, 4) is 0 Å². The van der Waals surface area contributed by atoms with Gasteiger partial charge < -0.3 is 14.2 Å². The van der Waals surface area contributed by atoms with Crippen LogP contribution in [-0.2, 0) is 28.6 Å². The predicted molar refractivity (Wildman–Crippen MR) is 353 cm³/mol. The maximum absolute atomic E-state index is 12.9. The summed E-state index contributed by atoms with van der Waals surface area (Å²) in [6.45, 7) is 6.63. The molecule has 0 aromatic carbocycles. The topological polar surface area (TPSA) is 78.9 Å². The van der Waals surface area contributed by atoms with Gasteiger partial charge in [0.15, 0.2) is 6.10 Å². The zero-order valence-electron chi connectivity index (χ0n) is 55.1. The molecule has 0 N–H and O–H groups in total. The summed E-state index contributed by atoms with van der Waals surface area (Å²) in [5.41, 5.74) is 0. The Bertz CT molecular complexity index is 1310. The Hall–Kier alpha value is -2.11. The van der Waals surface area contributed by atoms with E-state index in [1.165, 1.54) is 308 Å². The molecule has 0 saturated carbocycles. The molecule has 1 unspecified atom stereocenters. The van der Waals surface area contributed by atoms with E-state index in [0.29, 0.717) is 19.3 Å². The zero-order valence-corrected chi connectivity index (χ0v) is 55.1. The van der Waals surface area contributed by atoms with Crippen LogP contribution in [0, 0.1) is 0 Å². The average molecular weight is 1140 g/mol. The third kappa shape index (κ3) is 68.6. The van der Waals surface area contributed by atoms with Gasteiger partial charge in [0.05, 0.1) is 0 Å². The molecule has 478 valence electrons. The molecular formula is C75H142O6. The summed E-state index contributed by atoms with van der Waals surface area (Å²) < 4.78 is 16.8. The van der Waals surface area contributed by atoms with Gasteiger partial charge in [0, 0.05) is 19.3 Å². The van der Waals surface area contributed by atoms with Crippen LogP contribution in [0.3, 0.4) is 0 Å². The van der Waals surface area contributed by atoms with Crippen LogP contribution < -0.4 is 0 Å². The smallest absolute Gasteiger partial charge is 0.306 e. The van der Waals surface area contributed by atoms with E-state index in [1.807, 2.05) is 0 Å². The number of allylic oxidation sites excluding steroid dienone is 4. The molecule has 6 nitrogen and oxygen atoms in total. The lowest BCUT2D eigenvalue weighted by Gasteiger charge is -2.18. The summed E-state index contributed by atoms with van der Waals surface area (Å²) in [6.07, 6.45) is 87.2. The van der Waals surface area contributed by atoms with E-state index in [1.54, 1.807) is 0 Å². The monoisotopic (exact) mass is 1140 g/mol. The summed E-state index contributed by atoms with van der Waals surface area (Å²) in [5.74, 6) is -0.849. The Morgan fingerprint density at radius 1 is 0.247 bits per heavy atom. The van der Waals surface area contributed by atoms with E-state index < -0.39 is 6.10 Å². The van der Waals surface area contributed by atoms with Crippen LogP contribution in [0.4, 0.5) is 0 Å². The molecule has 0 spiro atoms. The summed E-state index contributed by atoms with van der Waals surface area (Å²) >= 11 is 0. The predicted octanol–water partition coefficient (Wildman–Crippen LogP) is 25.3. The molecule has 81 heavy (non-hydrogen) atoms. The quantitative estimate of drug-likeness (QED) is 0.0261. The highest BCUT2D eigenvalue weighted by molar-refractivity contribution is 5.71. The highest BCUT2D eigenvalue weighted by Crippen LogP contribution is 2.19. The second-order valence-electron chi connectivity index (χ2n) is 25.2. The van der Waals surface area contributed by atoms with Crippen LogP contribution in [0.2, 0.25) is 0 Å². The minimum Gasteiger partial charge on any atom is -0.462 e. The van der Waals surface area contributed by atoms with Crippen molar-refractivity contribution in [3.63, 3.8) is 0 Å². The van der Waals surface area contributed by atoms with Crippen LogP contribution in [0.15, 0.2) is 24.3 Å². The number of unbranched alkanes of at least 4 members (excludes halogenated alkanes) is 54. The van der Waals surface area contributed by atoms with Crippen molar-refractivity contribution in [3.05, 3.63) is 24.3 Å². The lowest BCUT2D eigenvalue weighted by atomic mass is 10.0. The number of ether oxygens (including phenoxy) is 3. The third-order valence-corrected chi connectivity index (χ3v) is 17.0. The van der Waals surface area contributed by atoms with Gasteiger partial charge in [-0.15, -0.1) is 0 Å². The molecule has 0 aromatic rings. The molecule has 0 aromatic heterocycles. The number of hydrogen-bond acceptors (Lipinski definition) is 6. The molecule has 0 heterocycles. The van der Waals surface area contributed by atoms with Gasteiger partial charge in [0.2, 0.25) is 0 Å². The number of carbonyl (C=O) groups excluding carboxylic acids is 3. The van der Waals surface area contributed by atoms with Gasteiger partial charge in [-0.3, -0.25) is 14.4 Å². The van der Waals surface area contributed by atoms with Crippen LogP contribution in [-0.4, -0.2) is 37.2 Å². The highest BCUT2D eigenvalue weighted by Gasteiger charge is 2.19. The Morgan fingerprint density at radius 2 is 0.444 bits per heavy atom. The molecule has 0 radical (unpaired) electrons. The van der Waals surface area contributed by atoms with E-state index in [4.69, 9.17) is 14.2 Å². The van der Waals surface area contributed by atoms with Crippen LogP contribution in [0.1, 0.15) is 419 Å². The largest absolute Gasteiger partial charge is 0.462 e. The molecule has 0 fully saturated rings. The Balaban J connectivity index is 3.89. The Morgan fingerprint density at radius 3 is 0.679 bits per heavy atom. The second-order valence-corrected chi connectivity index (χ2v) is 25.2. The molecule has 6 heteroatoms. The normalized spacial score (nSPS) is 12.1. The minimum atomic E-state index is -0.764. The lowest BCUT2D eigenvalue weighted by molar-refractivity contribution is -0.167. The van der Waals surface area contributed by atoms with Gasteiger partial charge in [0.1, 0.15) is 13.2 Å². The third-order valence-electron chi connectivity index (χ3n) is 17.0. The molecule has 0 rings (SSSR count). The van der Waals surface area contributed by atoms with Crippen LogP contribution in [0.5, 0.6) is 0 Å². The van der Waals surface area contributed by atoms with Crippen LogP contribution in [0.25, 0.3) is 0 Å². The van der Waals surface area contributed by atoms with E-state index >= 15 is 0 Å². The van der Waals surface area contributed by atoms with Gasteiger partial charge in [-0.25, -0.2) is 0 Å². The molecule has 0 aliphatic rings. The average Bonchev–Trinajstić information content (AvgIpc) is 3.47. The fourth-order valence-corrected chi connectivity index (χ4v) is 11.4. The maximum atomic E-state index is 12.9. The summed E-state index contributed by atoms with van der Waals surface area (Å²) in [7, 11) is 0. The van der Waals surface area contributed by atoms with Gasteiger partial charge in [-0.1, -0.05) is 373 Å². The molecule has 0 bridgehead atoms. The van der Waals surface area contributed by atoms with Crippen molar-refractivity contribution in [2.24, 2.45) is 0 Å². The maximum Gasteiger partial charge on any atom is 0.306 e. The van der Waals surface area contributed by atoms with Crippen molar-refractivity contribution in [2.45, 2.75) is 425 Å². The molecular weight excluding hydrogens is 997 g/mol. The summed E-state index contributed by atoms with van der Waals surface area (Å²) in [6, 6.07) is 0. The zero-order chi connectivity index (χ0) is 58.5.